The van der Waals surface area contributed by atoms with E-state index in [4.69, 9.17) is 0 Å². The Morgan fingerprint density at radius 2 is 2.19 bits per heavy atom. The van der Waals surface area contributed by atoms with Gasteiger partial charge in [0.2, 0.25) is 0 Å². The average molecular weight is 220 g/mol. The van der Waals surface area contributed by atoms with E-state index in [1.165, 1.54) is 6.33 Å². The lowest BCUT2D eigenvalue weighted by atomic mass is 10.2. The van der Waals surface area contributed by atoms with Crippen LogP contribution in [0.25, 0.3) is 0 Å². The fourth-order valence-corrected chi connectivity index (χ4v) is 1.77. The van der Waals surface area contributed by atoms with Crippen molar-refractivity contribution in [1.82, 2.24) is 30.3 Å². The molecule has 2 aromatic heterocycles. The number of hydrogen-bond acceptors (Lipinski definition) is 4. The van der Waals surface area contributed by atoms with Crippen LogP contribution in [-0.2, 0) is 7.05 Å². The number of H-pyrrole nitrogens is 1. The van der Waals surface area contributed by atoms with E-state index >= 15 is 0 Å². The van der Waals surface area contributed by atoms with Crippen LogP contribution in [0.2, 0.25) is 0 Å². The van der Waals surface area contributed by atoms with Crippen LogP contribution in [0.1, 0.15) is 37.4 Å². The van der Waals surface area contributed by atoms with Crippen molar-refractivity contribution in [2.45, 2.75) is 25.9 Å². The third kappa shape index (κ3) is 2.11. The molecule has 0 aromatic carbocycles. The van der Waals surface area contributed by atoms with Crippen LogP contribution < -0.4 is 5.32 Å². The van der Waals surface area contributed by atoms with E-state index in [2.05, 4.69) is 32.5 Å². The molecule has 0 saturated heterocycles. The fourth-order valence-electron chi connectivity index (χ4n) is 1.77. The van der Waals surface area contributed by atoms with E-state index in [0.717, 1.165) is 11.5 Å². The molecule has 0 spiro atoms. The first kappa shape index (κ1) is 10.8. The predicted molar refractivity (Wildman–Crippen MR) is 59.6 cm³/mol. The maximum Gasteiger partial charge on any atom is 0.141 e. The van der Waals surface area contributed by atoms with Gasteiger partial charge in [0, 0.05) is 19.3 Å². The van der Waals surface area contributed by atoms with Gasteiger partial charge >= 0.3 is 0 Å². The Hall–Kier alpha value is -1.69. The highest BCUT2D eigenvalue weighted by Crippen LogP contribution is 2.15. The molecule has 86 valence electrons. The molecular formula is C10H16N6. The quantitative estimate of drug-likeness (QED) is 0.804. The monoisotopic (exact) mass is 220 g/mol. The van der Waals surface area contributed by atoms with Gasteiger partial charge < -0.3 is 0 Å². The molecule has 0 aliphatic rings. The molecule has 2 unspecified atom stereocenters. The van der Waals surface area contributed by atoms with Crippen molar-refractivity contribution in [3.63, 3.8) is 0 Å². The SMILES string of the molecule is CC(NC(C)c1ccnn1C)c1ncn[nH]1. The average Bonchev–Trinajstić information content (AvgIpc) is 2.86. The van der Waals surface area contributed by atoms with Crippen molar-refractivity contribution in [3.05, 3.63) is 30.1 Å². The molecule has 0 fully saturated rings. The Bertz CT molecular complexity index is 432. The molecule has 0 amide bonds. The Labute approximate surface area is 94.1 Å². The molecule has 0 bridgehead atoms. The van der Waals surface area contributed by atoms with E-state index < -0.39 is 0 Å². The first-order valence-corrected chi connectivity index (χ1v) is 5.27. The highest BCUT2D eigenvalue weighted by molar-refractivity contribution is 5.06. The zero-order valence-electron chi connectivity index (χ0n) is 9.68. The second kappa shape index (κ2) is 4.44. The third-order valence-corrected chi connectivity index (χ3v) is 2.65. The zero-order valence-corrected chi connectivity index (χ0v) is 9.68. The summed E-state index contributed by atoms with van der Waals surface area (Å²) in [6.07, 6.45) is 3.31. The Morgan fingerprint density at radius 1 is 1.38 bits per heavy atom. The number of hydrogen-bond donors (Lipinski definition) is 2. The zero-order chi connectivity index (χ0) is 11.5. The maximum atomic E-state index is 4.15. The van der Waals surface area contributed by atoms with Gasteiger partial charge in [0.1, 0.15) is 12.2 Å². The number of nitrogens with one attached hydrogen (secondary N) is 2. The molecule has 0 saturated carbocycles. The second-order valence-electron chi connectivity index (χ2n) is 3.86. The van der Waals surface area contributed by atoms with Crippen LogP contribution in [0.4, 0.5) is 0 Å². The van der Waals surface area contributed by atoms with Crippen LogP contribution in [0.5, 0.6) is 0 Å². The van der Waals surface area contributed by atoms with Crippen molar-refractivity contribution in [2.75, 3.05) is 0 Å². The van der Waals surface area contributed by atoms with Crippen molar-refractivity contribution in [3.8, 4) is 0 Å². The summed E-state index contributed by atoms with van der Waals surface area (Å²) in [4.78, 5) is 4.12. The summed E-state index contributed by atoms with van der Waals surface area (Å²) in [6, 6.07) is 2.35. The van der Waals surface area contributed by atoms with Crippen molar-refractivity contribution in [2.24, 2.45) is 7.05 Å². The van der Waals surface area contributed by atoms with Gasteiger partial charge in [-0.05, 0) is 19.9 Å². The predicted octanol–water partition coefficient (Wildman–Crippen LogP) is 0.950. The molecule has 2 N–H and O–H groups in total. The standard InChI is InChI=1S/C10H16N6/c1-7(9-4-5-13-16(9)3)14-8(2)10-11-6-12-15-10/h4-8,14H,1-3H3,(H,11,12,15). The summed E-state index contributed by atoms with van der Waals surface area (Å²) in [5, 5.41) is 14.3. The lowest BCUT2D eigenvalue weighted by molar-refractivity contribution is 0.456. The van der Waals surface area contributed by atoms with Gasteiger partial charge in [-0.15, -0.1) is 0 Å². The number of nitrogens with zero attached hydrogens (tertiary/aromatic N) is 4. The van der Waals surface area contributed by atoms with E-state index in [9.17, 15) is 0 Å². The first-order valence-electron chi connectivity index (χ1n) is 5.27. The topological polar surface area (TPSA) is 71.4 Å². The molecule has 6 heteroatoms. The summed E-state index contributed by atoms with van der Waals surface area (Å²) >= 11 is 0. The summed E-state index contributed by atoms with van der Waals surface area (Å²) < 4.78 is 1.87. The molecule has 2 rings (SSSR count). The van der Waals surface area contributed by atoms with Gasteiger partial charge in [0.15, 0.2) is 0 Å². The smallest absolute Gasteiger partial charge is 0.141 e. The van der Waals surface area contributed by atoms with E-state index in [1.54, 1.807) is 6.20 Å². The minimum Gasteiger partial charge on any atom is -0.299 e. The molecule has 6 nitrogen and oxygen atoms in total. The molecule has 2 aromatic rings. The van der Waals surface area contributed by atoms with Crippen LogP contribution in [0.15, 0.2) is 18.6 Å². The Balaban J connectivity index is 2.03. The Kier molecular flexibility index (Phi) is 3.00. The maximum absolute atomic E-state index is 4.15. The summed E-state index contributed by atoms with van der Waals surface area (Å²) in [5.74, 6) is 0.842. The highest BCUT2D eigenvalue weighted by atomic mass is 15.3. The van der Waals surface area contributed by atoms with Gasteiger partial charge in [-0.1, -0.05) is 0 Å². The van der Waals surface area contributed by atoms with Gasteiger partial charge in [0.25, 0.3) is 0 Å². The minimum atomic E-state index is 0.132. The number of aromatic amines is 1. The van der Waals surface area contributed by atoms with Crippen molar-refractivity contribution < 1.29 is 0 Å². The van der Waals surface area contributed by atoms with Crippen molar-refractivity contribution in [1.29, 1.82) is 0 Å². The van der Waals surface area contributed by atoms with E-state index in [-0.39, 0.29) is 12.1 Å². The van der Waals surface area contributed by atoms with Gasteiger partial charge in [0.05, 0.1) is 11.7 Å². The largest absolute Gasteiger partial charge is 0.299 e. The summed E-state index contributed by atoms with van der Waals surface area (Å²) in [7, 11) is 1.94. The summed E-state index contributed by atoms with van der Waals surface area (Å²) in [5.41, 5.74) is 1.14. The minimum absolute atomic E-state index is 0.132. The molecule has 16 heavy (non-hydrogen) atoms. The first-order chi connectivity index (χ1) is 7.68. The molecule has 0 aliphatic carbocycles. The lowest BCUT2D eigenvalue weighted by Crippen LogP contribution is -2.25. The van der Waals surface area contributed by atoms with Gasteiger partial charge in [-0.25, -0.2) is 4.98 Å². The number of rotatable bonds is 4. The van der Waals surface area contributed by atoms with Crippen LogP contribution in [-0.4, -0.2) is 25.0 Å². The normalized spacial score (nSPS) is 14.9. The molecule has 2 atom stereocenters. The van der Waals surface area contributed by atoms with Crippen LogP contribution in [0, 0.1) is 0 Å². The third-order valence-electron chi connectivity index (χ3n) is 2.65. The number of aryl methyl sites for hydroxylation is 1. The Morgan fingerprint density at radius 3 is 2.75 bits per heavy atom. The summed E-state index contributed by atoms with van der Waals surface area (Å²) in [6.45, 7) is 4.15. The second-order valence-corrected chi connectivity index (χ2v) is 3.86. The van der Waals surface area contributed by atoms with E-state index in [1.807, 2.05) is 24.7 Å². The van der Waals surface area contributed by atoms with Crippen molar-refractivity contribution >= 4 is 0 Å². The molecule has 0 aliphatic heterocycles. The molecular weight excluding hydrogens is 204 g/mol. The molecule has 0 radical (unpaired) electrons. The fraction of sp³-hybridized carbons (Fsp3) is 0.500. The van der Waals surface area contributed by atoms with Gasteiger partial charge in [-0.2, -0.15) is 10.2 Å². The number of aromatic nitrogens is 5. The van der Waals surface area contributed by atoms with Crippen LogP contribution >= 0.6 is 0 Å². The van der Waals surface area contributed by atoms with Crippen LogP contribution in [0.3, 0.4) is 0 Å². The molecule has 2 heterocycles. The lowest BCUT2D eigenvalue weighted by Gasteiger charge is -2.18. The highest BCUT2D eigenvalue weighted by Gasteiger charge is 2.14. The van der Waals surface area contributed by atoms with E-state index in [0.29, 0.717) is 0 Å². The van der Waals surface area contributed by atoms with Gasteiger partial charge in [-0.3, -0.25) is 15.1 Å².